The summed E-state index contributed by atoms with van der Waals surface area (Å²) in [7, 11) is 4.69. The Bertz CT molecular complexity index is 1000. The predicted molar refractivity (Wildman–Crippen MR) is 127 cm³/mol. The Kier molecular flexibility index (Phi) is 8.46. The fourth-order valence-corrected chi connectivity index (χ4v) is 3.82. The van der Waals surface area contributed by atoms with Crippen LogP contribution in [0.5, 0.6) is 17.2 Å². The Morgan fingerprint density at radius 2 is 1.61 bits per heavy atom. The molecule has 1 aromatic carbocycles. The minimum absolute atomic E-state index is 0.0463. The molecule has 0 unspecified atom stereocenters. The summed E-state index contributed by atoms with van der Waals surface area (Å²) in [5.74, 6) is 1.02. The zero-order valence-electron chi connectivity index (χ0n) is 19.3. The SMILES string of the molecule is COc1cc(CC(N)=O)c(N(CCc2ccncc2)CCc2cccnc2)c(OC)c1OC. The summed E-state index contributed by atoms with van der Waals surface area (Å²) in [6, 6.07) is 9.76. The van der Waals surface area contributed by atoms with Crippen LogP contribution in [0.4, 0.5) is 5.69 Å². The van der Waals surface area contributed by atoms with Crippen molar-refractivity contribution in [2.45, 2.75) is 19.3 Å². The van der Waals surface area contributed by atoms with Crippen LogP contribution in [0.25, 0.3) is 0 Å². The van der Waals surface area contributed by atoms with Crippen LogP contribution in [-0.4, -0.2) is 50.3 Å². The third-order valence-corrected chi connectivity index (χ3v) is 5.38. The normalized spacial score (nSPS) is 10.5. The highest BCUT2D eigenvalue weighted by Gasteiger charge is 2.25. The maximum absolute atomic E-state index is 11.9. The first-order valence-corrected chi connectivity index (χ1v) is 10.7. The van der Waals surface area contributed by atoms with Gasteiger partial charge in [-0.1, -0.05) is 6.07 Å². The molecule has 2 aromatic heterocycles. The van der Waals surface area contributed by atoms with Crippen LogP contribution in [0, 0.1) is 0 Å². The van der Waals surface area contributed by atoms with Gasteiger partial charge in [0.2, 0.25) is 11.7 Å². The molecule has 8 heteroatoms. The molecule has 0 saturated carbocycles. The molecule has 0 atom stereocenters. The quantitative estimate of drug-likeness (QED) is 0.453. The predicted octanol–water partition coefficient (Wildman–Crippen LogP) is 2.82. The lowest BCUT2D eigenvalue weighted by Gasteiger charge is -2.30. The van der Waals surface area contributed by atoms with E-state index in [2.05, 4.69) is 14.9 Å². The number of benzene rings is 1. The lowest BCUT2D eigenvalue weighted by atomic mass is 10.0. The Morgan fingerprint density at radius 3 is 2.18 bits per heavy atom. The molecule has 0 radical (unpaired) electrons. The van der Waals surface area contributed by atoms with Crippen molar-refractivity contribution in [1.82, 2.24) is 9.97 Å². The van der Waals surface area contributed by atoms with Crippen LogP contribution in [0.3, 0.4) is 0 Å². The van der Waals surface area contributed by atoms with E-state index < -0.39 is 5.91 Å². The summed E-state index contributed by atoms with van der Waals surface area (Å²) in [6.07, 6.45) is 8.77. The maximum Gasteiger partial charge on any atom is 0.221 e. The smallest absolute Gasteiger partial charge is 0.221 e. The van der Waals surface area contributed by atoms with Gasteiger partial charge in [0.15, 0.2) is 11.5 Å². The van der Waals surface area contributed by atoms with Gasteiger partial charge in [-0.05, 0) is 53.8 Å². The van der Waals surface area contributed by atoms with Crippen LogP contribution in [0.1, 0.15) is 16.7 Å². The summed E-state index contributed by atoms with van der Waals surface area (Å²) in [4.78, 5) is 22.5. The van der Waals surface area contributed by atoms with Gasteiger partial charge in [-0.25, -0.2) is 0 Å². The van der Waals surface area contributed by atoms with Gasteiger partial charge in [-0.2, -0.15) is 0 Å². The first kappa shape index (κ1) is 23.8. The van der Waals surface area contributed by atoms with Crippen molar-refractivity contribution in [2.75, 3.05) is 39.3 Å². The highest BCUT2D eigenvalue weighted by molar-refractivity contribution is 5.83. The molecule has 1 amide bonds. The molecule has 2 N–H and O–H groups in total. The summed E-state index contributed by atoms with van der Waals surface area (Å²) < 4.78 is 16.9. The number of nitrogens with two attached hydrogens (primary N) is 1. The van der Waals surface area contributed by atoms with E-state index in [-0.39, 0.29) is 6.42 Å². The van der Waals surface area contributed by atoms with E-state index in [0.717, 1.165) is 35.2 Å². The summed E-state index contributed by atoms with van der Waals surface area (Å²) in [5, 5.41) is 0. The van der Waals surface area contributed by atoms with Crippen molar-refractivity contribution in [2.24, 2.45) is 5.73 Å². The second-order valence-corrected chi connectivity index (χ2v) is 7.50. The average molecular weight is 451 g/mol. The van der Waals surface area contributed by atoms with Crippen LogP contribution in [0.15, 0.2) is 55.1 Å². The molecule has 174 valence electrons. The molecule has 33 heavy (non-hydrogen) atoms. The molecule has 2 heterocycles. The Morgan fingerprint density at radius 1 is 0.909 bits per heavy atom. The van der Waals surface area contributed by atoms with Gasteiger partial charge < -0.3 is 24.8 Å². The lowest BCUT2D eigenvalue weighted by Crippen LogP contribution is -2.30. The van der Waals surface area contributed by atoms with Gasteiger partial charge in [0.1, 0.15) is 0 Å². The molecular weight excluding hydrogens is 420 g/mol. The molecule has 0 saturated heterocycles. The molecule has 3 aromatic rings. The zero-order valence-corrected chi connectivity index (χ0v) is 19.3. The van der Waals surface area contributed by atoms with E-state index >= 15 is 0 Å². The molecular formula is C25H30N4O4. The van der Waals surface area contributed by atoms with Crippen LogP contribution < -0.4 is 24.8 Å². The number of nitrogens with zero attached hydrogens (tertiary/aromatic N) is 3. The van der Waals surface area contributed by atoms with Crippen molar-refractivity contribution < 1.29 is 19.0 Å². The van der Waals surface area contributed by atoms with Crippen molar-refractivity contribution in [3.63, 3.8) is 0 Å². The standard InChI is InChI=1S/C25H30N4O4/c1-31-21-15-20(16-22(26)30)23(25(33-3)24(21)32-2)29(13-8-18-6-11-27-12-7-18)14-9-19-5-4-10-28-17-19/h4-7,10-12,15,17H,8-9,13-14,16H2,1-3H3,(H2,26,30). The van der Waals surface area contributed by atoms with Crippen LogP contribution >= 0.6 is 0 Å². The summed E-state index contributed by atoms with van der Waals surface area (Å²) in [6.45, 7) is 1.36. The number of ether oxygens (including phenoxy) is 3. The van der Waals surface area contributed by atoms with Gasteiger partial charge >= 0.3 is 0 Å². The minimum Gasteiger partial charge on any atom is -0.493 e. The number of methoxy groups -OCH3 is 3. The number of primary amides is 1. The average Bonchev–Trinajstić information content (AvgIpc) is 2.84. The maximum atomic E-state index is 11.9. The second-order valence-electron chi connectivity index (χ2n) is 7.50. The lowest BCUT2D eigenvalue weighted by molar-refractivity contribution is -0.117. The number of carbonyl (C=O) groups is 1. The monoisotopic (exact) mass is 450 g/mol. The first-order chi connectivity index (χ1) is 16.1. The fraction of sp³-hybridized carbons (Fsp3) is 0.320. The highest BCUT2D eigenvalue weighted by atomic mass is 16.5. The van der Waals surface area contributed by atoms with Crippen LogP contribution in [0.2, 0.25) is 0 Å². The largest absolute Gasteiger partial charge is 0.493 e. The van der Waals surface area contributed by atoms with Gasteiger partial charge in [-0.15, -0.1) is 0 Å². The van der Waals surface area contributed by atoms with Gasteiger partial charge in [0, 0.05) is 37.9 Å². The van der Waals surface area contributed by atoms with Crippen molar-refractivity contribution in [1.29, 1.82) is 0 Å². The number of aromatic nitrogens is 2. The van der Waals surface area contributed by atoms with E-state index in [1.165, 1.54) is 0 Å². The number of hydrogen-bond acceptors (Lipinski definition) is 7. The number of carbonyl (C=O) groups excluding carboxylic acids is 1. The third kappa shape index (κ3) is 6.12. The fourth-order valence-electron chi connectivity index (χ4n) is 3.82. The summed E-state index contributed by atoms with van der Waals surface area (Å²) in [5.41, 5.74) is 9.35. The van der Waals surface area contributed by atoms with Gasteiger partial charge in [-0.3, -0.25) is 14.8 Å². The number of anilines is 1. The summed E-state index contributed by atoms with van der Waals surface area (Å²) >= 11 is 0. The Hall–Kier alpha value is -3.81. The molecule has 0 fully saturated rings. The van der Waals surface area contributed by atoms with Crippen molar-refractivity contribution >= 4 is 11.6 Å². The van der Waals surface area contributed by atoms with E-state index in [4.69, 9.17) is 19.9 Å². The Balaban J connectivity index is 2.05. The molecule has 0 bridgehead atoms. The number of hydrogen-bond donors (Lipinski definition) is 1. The molecule has 8 nitrogen and oxygen atoms in total. The highest BCUT2D eigenvalue weighted by Crippen LogP contribution is 2.47. The van der Waals surface area contributed by atoms with E-state index in [9.17, 15) is 4.79 Å². The Labute approximate surface area is 194 Å². The molecule has 0 aliphatic heterocycles. The number of pyridine rings is 2. The van der Waals surface area contributed by atoms with E-state index in [0.29, 0.717) is 30.3 Å². The number of rotatable bonds is 12. The van der Waals surface area contributed by atoms with Gasteiger partial charge in [0.25, 0.3) is 0 Å². The first-order valence-electron chi connectivity index (χ1n) is 10.7. The van der Waals surface area contributed by atoms with Gasteiger partial charge in [0.05, 0.1) is 33.4 Å². The third-order valence-electron chi connectivity index (χ3n) is 5.38. The minimum atomic E-state index is -0.438. The molecule has 3 rings (SSSR count). The van der Waals surface area contributed by atoms with E-state index in [1.54, 1.807) is 46.0 Å². The van der Waals surface area contributed by atoms with Crippen molar-refractivity contribution in [3.05, 3.63) is 71.8 Å². The molecule has 0 aliphatic carbocycles. The topological polar surface area (TPSA) is 99.8 Å². The zero-order chi connectivity index (χ0) is 23.6. The molecule has 0 spiro atoms. The van der Waals surface area contributed by atoms with Crippen molar-refractivity contribution in [3.8, 4) is 17.2 Å². The van der Waals surface area contributed by atoms with E-state index in [1.807, 2.05) is 30.5 Å². The molecule has 0 aliphatic rings. The second kappa shape index (κ2) is 11.7. The number of amides is 1. The van der Waals surface area contributed by atoms with Crippen LogP contribution in [-0.2, 0) is 24.1 Å².